The second kappa shape index (κ2) is 7.83. The number of sulfone groups is 1. The molecule has 1 heterocycles. The third-order valence-electron chi connectivity index (χ3n) is 3.79. The van der Waals surface area contributed by atoms with Crippen molar-refractivity contribution in [2.24, 2.45) is 4.99 Å². The third-order valence-corrected chi connectivity index (χ3v) is 5.52. The first-order valence-electron chi connectivity index (χ1n) is 7.53. The van der Waals surface area contributed by atoms with Crippen molar-refractivity contribution in [1.82, 2.24) is 10.2 Å². The van der Waals surface area contributed by atoms with E-state index in [2.05, 4.69) is 31.1 Å². The van der Waals surface area contributed by atoms with Gasteiger partial charge >= 0.3 is 0 Å². The maximum atomic E-state index is 12.4. The average molecular weight is 451 g/mol. The summed E-state index contributed by atoms with van der Waals surface area (Å²) >= 11 is 0. The van der Waals surface area contributed by atoms with Crippen LogP contribution >= 0.6 is 24.0 Å². The molecule has 1 aromatic carbocycles. The Morgan fingerprint density at radius 2 is 1.83 bits per heavy atom. The Hall–Kier alpha value is -0.830. The average Bonchev–Trinajstić information content (AvgIpc) is 2.83. The Balaban J connectivity index is 0.00000264. The van der Waals surface area contributed by atoms with Crippen LogP contribution in [0.2, 0.25) is 0 Å². The molecule has 1 aliphatic rings. The summed E-state index contributed by atoms with van der Waals surface area (Å²) in [4.78, 5) is 6.65. The van der Waals surface area contributed by atoms with Crippen LogP contribution in [0, 0.1) is 0 Å². The van der Waals surface area contributed by atoms with Crippen molar-refractivity contribution < 1.29 is 8.42 Å². The Labute approximate surface area is 156 Å². The molecular weight excluding hydrogens is 425 g/mol. The minimum Gasteiger partial charge on any atom is -0.355 e. The van der Waals surface area contributed by atoms with Gasteiger partial charge in [0.25, 0.3) is 0 Å². The Kier molecular flexibility index (Phi) is 6.88. The van der Waals surface area contributed by atoms with Gasteiger partial charge in [-0.05, 0) is 23.1 Å². The van der Waals surface area contributed by atoms with E-state index in [0.717, 1.165) is 24.6 Å². The molecule has 1 N–H and O–H groups in total. The van der Waals surface area contributed by atoms with Gasteiger partial charge in [-0.2, -0.15) is 0 Å². The number of nitrogens with one attached hydrogen (secondary N) is 1. The number of nitrogens with zero attached hydrogens (tertiary/aromatic N) is 2. The van der Waals surface area contributed by atoms with Crippen LogP contribution in [0.3, 0.4) is 0 Å². The van der Waals surface area contributed by atoms with Gasteiger partial charge in [0, 0.05) is 20.1 Å². The summed E-state index contributed by atoms with van der Waals surface area (Å²) in [7, 11) is -1.32. The molecule has 0 saturated carbocycles. The highest BCUT2D eigenvalue weighted by Crippen LogP contribution is 2.23. The molecule has 0 fully saturated rings. The van der Waals surface area contributed by atoms with Gasteiger partial charge in [0.15, 0.2) is 15.8 Å². The Morgan fingerprint density at radius 1 is 1.22 bits per heavy atom. The van der Waals surface area contributed by atoms with Gasteiger partial charge in [-0.15, -0.1) is 24.0 Å². The highest BCUT2D eigenvalue weighted by molar-refractivity contribution is 14.0. The number of guanidine groups is 1. The molecule has 130 valence electrons. The number of halogens is 1. The van der Waals surface area contributed by atoms with Gasteiger partial charge in [-0.3, -0.25) is 4.99 Å². The van der Waals surface area contributed by atoms with Crippen molar-refractivity contribution >= 4 is 39.8 Å². The fourth-order valence-electron chi connectivity index (χ4n) is 2.30. The fourth-order valence-corrected chi connectivity index (χ4v) is 3.46. The molecular formula is C16H26IN3O2S. The van der Waals surface area contributed by atoms with Crippen LogP contribution in [0.4, 0.5) is 0 Å². The number of likely N-dealkylation sites (N-methyl/N-ethyl adjacent to an activating group) is 1. The molecule has 0 aliphatic carbocycles. The van der Waals surface area contributed by atoms with Crippen molar-refractivity contribution in [2.75, 3.05) is 32.4 Å². The first kappa shape index (κ1) is 20.2. The quantitative estimate of drug-likeness (QED) is 0.714. The molecule has 0 spiro atoms. The van der Waals surface area contributed by atoms with Crippen LogP contribution in [-0.4, -0.2) is 51.7 Å². The van der Waals surface area contributed by atoms with E-state index >= 15 is 0 Å². The lowest BCUT2D eigenvalue weighted by atomic mass is 9.87. The van der Waals surface area contributed by atoms with Crippen molar-refractivity contribution in [3.63, 3.8) is 0 Å². The lowest BCUT2D eigenvalue weighted by Gasteiger charge is -2.19. The lowest BCUT2D eigenvalue weighted by molar-refractivity contribution is 0.535. The summed E-state index contributed by atoms with van der Waals surface area (Å²) in [5, 5.41) is 3.09. The second-order valence-electron chi connectivity index (χ2n) is 6.65. The minimum absolute atomic E-state index is 0. The molecule has 1 aromatic rings. The summed E-state index contributed by atoms with van der Waals surface area (Å²) in [6, 6.07) is 7.20. The first-order valence-corrected chi connectivity index (χ1v) is 9.18. The third kappa shape index (κ3) is 5.34. The van der Waals surface area contributed by atoms with Crippen LogP contribution in [0.25, 0.3) is 0 Å². The molecule has 0 unspecified atom stereocenters. The molecule has 0 radical (unpaired) electrons. The monoisotopic (exact) mass is 451 g/mol. The van der Waals surface area contributed by atoms with Gasteiger partial charge in [-0.25, -0.2) is 8.42 Å². The zero-order chi connectivity index (χ0) is 16.4. The molecule has 1 aliphatic heterocycles. The number of rotatable bonds is 4. The van der Waals surface area contributed by atoms with E-state index in [1.54, 1.807) is 12.1 Å². The lowest BCUT2D eigenvalue weighted by Crippen LogP contribution is -2.38. The zero-order valence-corrected chi connectivity index (χ0v) is 17.3. The van der Waals surface area contributed by atoms with E-state index in [4.69, 9.17) is 0 Å². The molecule has 0 atom stereocenters. The van der Waals surface area contributed by atoms with Gasteiger partial charge in [0.1, 0.15) is 0 Å². The summed E-state index contributed by atoms with van der Waals surface area (Å²) in [5.74, 6) is 0.840. The van der Waals surface area contributed by atoms with Crippen LogP contribution in [-0.2, 0) is 15.3 Å². The molecule has 7 heteroatoms. The molecule has 2 rings (SSSR count). The normalized spacial score (nSPS) is 15.1. The summed E-state index contributed by atoms with van der Waals surface area (Å²) < 4.78 is 24.7. The molecule has 0 saturated heterocycles. The standard InChI is InChI=1S/C16H25N3O2S.HI/c1-16(2,3)13-5-7-14(8-6-13)22(20,21)12-10-18-15-17-9-11-19(15)4;/h5-8H,9-12H2,1-4H3,(H,17,18);1H. The molecule has 0 amide bonds. The van der Waals surface area contributed by atoms with Gasteiger partial charge in [0.05, 0.1) is 17.2 Å². The fraction of sp³-hybridized carbons (Fsp3) is 0.562. The SMILES string of the molecule is CN1CCN=C1NCCS(=O)(=O)c1ccc(C(C)(C)C)cc1.I. The Bertz CT molecular complexity index is 649. The van der Waals surface area contributed by atoms with Crippen molar-refractivity contribution in [3.8, 4) is 0 Å². The number of benzene rings is 1. The largest absolute Gasteiger partial charge is 0.355 e. The number of aliphatic imine (C=N–C) groups is 1. The second-order valence-corrected chi connectivity index (χ2v) is 8.76. The van der Waals surface area contributed by atoms with Crippen molar-refractivity contribution in [3.05, 3.63) is 29.8 Å². The summed E-state index contributed by atoms with van der Waals surface area (Å²) in [6.45, 7) is 8.34. The Morgan fingerprint density at radius 3 is 2.30 bits per heavy atom. The van der Waals surface area contributed by atoms with E-state index in [-0.39, 0.29) is 35.1 Å². The van der Waals surface area contributed by atoms with Crippen molar-refractivity contribution in [1.29, 1.82) is 0 Å². The van der Waals surface area contributed by atoms with E-state index in [1.165, 1.54) is 0 Å². The van der Waals surface area contributed by atoms with Crippen LogP contribution in [0.15, 0.2) is 34.2 Å². The van der Waals surface area contributed by atoms with E-state index in [1.807, 2.05) is 24.1 Å². The smallest absolute Gasteiger partial charge is 0.193 e. The summed E-state index contributed by atoms with van der Waals surface area (Å²) in [5.41, 5.74) is 1.15. The van der Waals surface area contributed by atoms with Gasteiger partial charge < -0.3 is 10.2 Å². The highest BCUT2D eigenvalue weighted by atomic mass is 127. The maximum absolute atomic E-state index is 12.4. The number of hydrogen-bond acceptors (Lipinski definition) is 5. The zero-order valence-electron chi connectivity index (χ0n) is 14.2. The minimum atomic E-state index is -3.27. The van der Waals surface area contributed by atoms with Crippen LogP contribution in [0.5, 0.6) is 0 Å². The highest BCUT2D eigenvalue weighted by Gasteiger charge is 2.18. The van der Waals surface area contributed by atoms with Crippen LogP contribution < -0.4 is 5.32 Å². The molecule has 23 heavy (non-hydrogen) atoms. The molecule has 5 nitrogen and oxygen atoms in total. The maximum Gasteiger partial charge on any atom is 0.193 e. The molecule has 0 aromatic heterocycles. The summed E-state index contributed by atoms with van der Waals surface area (Å²) in [6.07, 6.45) is 0. The van der Waals surface area contributed by atoms with Crippen LogP contribution in [0.1, 0.15) is 26.3 Å². The van der Waals surface area contributed by atoms with E-state index < -0.39 is 9.84 Å². The van der Waals surface area contributed by atoms with E-state index in [9.17, 15) is 8.42 Å². The topological polar surface area (TPSA) is 61.8 Å². The van der Waals surface area contributed by atoms with Gasteiger partial charge in [0.2, 0.25) is 0 Å². The van der Waals surface area contributed by atoms with E-state index in [0.29, 0.717) is 11.4 Å². The molecule has 0 bridgehead atoms. The van der Waals surface area contributed by atoms with Gasteiger partial charge in [-0.1, -0.05) is 32.9 Å². The predicted octanol–water partition coefficient (Wildman–Crippen LogP) is 2.27. The number of hydrogen-bond donors (Lipinski definition) is 1. The first-order chi connectivity index (χ1) is 10.2. The van der Waals surface area contributed by atoms with Crippen molar-refractivity contribution in [2.45, 2.75) is 31.1 Å². The predicted molar refractivity (Wildman–Crippen MR) is 106 cm³/mol.